The van der Waals surface area contributed by atoms with Crippen molar-refractivity contribution in [2.75, 3.05) is 13.7 Å². The Labute approximate surface area is 130 Å². The summed E-state index contributed by atoms with van der Waals surface area (Å²) in [4.78, 5) is 12.3. The first kappa shape index (κ1) is 14.4. The SMILES string of the molecule is COc1ccc2c(c1)C[C@@H](C(=O)NCc1ccccc1)CO2. The molecular weight excluding hydrogens is 278 g/mol. The highest BCUT2D eigenvalue weighted by Gasteiger charge is 2.26. The average molecular weight is 297 g/mol. The van der Waals surface area contributed by atoms with Crippen molar-refractivity contribution in [1.29, 1.82) is 0 Å². The maximum atomic E-state index is 12.3. The van der Waals surface area contributed by atoms with E-state index in [0.717, 1.165) is 22.6 Å². The monoisotopic (exact) mass is 297 g/mol. The van der Waals surface area contributed by atoms with Crippen molar-refractivity contribution >= 4 is 5.91 Å². The standard InChI is InChI=1S/C18H19NO3/c1-21-16-7-8-17-14(10-16)9-15(12-22-17)18(20)19-11-13-5-3-2-4-6-13/h2-8,10,15H,9,11-12H2,1H3,(H,19,20)/t15-/m1/s1. The summed E-state index contributed by atoms with van der Waals surface area (Å²) < 4.78 is 10.9. The number of methoxy groups -OCH3 is 1. The second kappa shape index (κ2) is 6.52. The number of carbonyl (C=O) groups excluding carboxylic acids is 1. The highest BCUT2D eigenvalue weighted by atomic mass is 16.5. The van der Waals surface area contributed by atoms with E-state index in [0.29, 0.717) is 19.6 Å². The molecule has 0 bridgehead atoms. The molecule has 1 amide bonds. The molecule has 1 aliphatic heterocycles. The van der Waals surface area contributed by atoms with Gasteiger partial charge in [-0.1, -0.05) is 30.3 Å². The third-order valence-corrected chi connectivity index (χ3v) is 3.85. The predicted octanol–water partition coefficient (Wildman–Crippen LogP) is 2.56. The Hall–Kier alpha value is -2.49. The quantitative estimate of drug-likeness (QED) is 0.943. The van der Waals surface area contributed by atoms with Gasteiger partial charge in [-0.15, -0.1) is 0 Å². The Morgan fingerprint density at radius 3 is 2.86 bits per heavy atom. The summed E-state index contributed by atoms with van der Waals surface area (Å²) >= 11 is 0. The molecule has 4 heteroatoms. The molecule has 1 heterocycles. The minimum absolute atomic E-state index is 0.0253. The first-order valence-corrected chi connectivity index (χ1v) is 7.37. The van der Waals surface area contributed by atoms with Crippen LogP contribution in [0.2, 0.25) is 0 Å². The number of rotatable bonds is 4. The van der Waals surface area contributed by atoms with Crippen molar-refractivity contribution in [3.63, 3.8) is 0 Å². The van der Waals surface area contributed by atoms with Gasteiger partial charge in [0.25, 0.3) is 0 Å². The molecule has 1 atom stereocenters. The van der Waals surface area contributed by atoms with Gasteiger partial charge in [0.1, 0.15) is 18.1 Å². The molecule has 0 saturated heterocycles. The molecule has 0 saturated carbocycles. The van der Waals surface area contributed by atoms with Gasteiger partial charge in [0, 0.05) is 6.54 Å². The molecule has 114 valence electrons. The summed E-state index contributed by atoms with van der Waals surface area (Å²) in [5, 5.41) is 2.98. The second-order valence-corrected chi connectivity index (χ2v) is 5.39. The fraction of sp³-hybridized carbons (Fsp3) is 0.278. The van der Waals surface area contributed by atoms with E-state index in [1.165, 1.54) is 0 Å². The highest BCUT2D eigenvalue weighted by Crippen LogP contribution is 2.30. The molecule has 4 nitrogen and oxygen atoms in total. The maximum absolute atomic E-state index is 12.3. The van der Waals surface area contributed by atoms with E-state index in [9.17, 15) is 4.79 Å². The Balaban J connectivity index is 1.62. The van der Waals surface area contributed by atoms with E-state index in [1.54, 1.807) is 7.11 Å². The zero-order valence-corrected chi connectivity index (χ0v) is 12.5. The topological polar surface area (TPSA) is 47.6 Å². The molecule has 1 N–H and O–H groups in total. The minimum Gasteiger partial charge on any atom is -0.497 e. The van der Waals surface area contributed by atoms with Crippen molar-refractivity contribution in [3.05, 3.63) is 59.7 Å². The zero-order chi connectivity index (χ0) is 15.4. The number of fused-ring (bicyclic) bond motifs is 1. The first-order valence-electron chi connectivity index (χ1n) is 7.37. The minimum atomic E-state index is -0.164. The number of nitrogens with one attached hydrogen (secondary N) is 1. The molecule has 0 fully saturated rings. The summed E-state index contributed by atoms with van der Waals surface area (Å²) in [5.74, 6) is 1.49. The average Bonchev–Trinajstić information content (AvgIpc) is 2.59. The van der Waals surface area contributed by atoms with Gasteiger partial charge in [-0.25, -0.2) is 0 Å². The van der Waals surface area contributed by atoms with E-state index in [-0.39, 0.29) is 11.8 Å². The van der Waals surface area contributed by atoms with Gasteiger partial charge in [-0.3, -0.25) is 4.79 Å². The van der Waals surface area contributed by atoms with Crippen LogP contribution in [0.15, 0.2) is 48.5 Å². The van der Waals surface area contributed by atoms with Crippen molar-refractivity contribution in [2.45, 2.75) is 13.0 Å². The number of amides is 1. The fourth-order valence-electron chi connectivity index (χ4n) is 2.60. The van der Waals surface area contributed by atoms with Crippen LogP contribution < -0.4 is 14.8 Å². The number of benzene rings is 2. The van der Waals surface area contributed by atoms with Crippen molar-refractivity contribution in [3.8, 4) is 11.5 Å². The normalized spacial score (nSPS) is 16.3. The smallest absolute Gasteiger partial charge is 0.227 e. The Morgan fingerprint density at radius 1 is 1.27 bits per heavy atom. The van der Waals surface area contributed by atoms with Crippen LogP contribution in [0.4, 0.5) is 0 Å². The van der Waals surface area contributed by atoms with E-state index in [2.05, 4.69) is 5.32 Å². The van der Waals surface area contributed by atoms with E-state index < -0.39 is 0 Å². The molecule has 0 spiro atoms. The van der Waals surface area contributed by atoms with Crippen LogP contribution >= 0.6 is 0 Å². The highest BCUT2D eigenvalue weighted by molar-refractivity contribution is 5.79. The molecule has 0 aliphatic carbocycles. The Kier molecular flexibility index (Phi) is 4.28. The van der Waals surface area contributed by atoms with Gasteiger partial charge >= 0.3 is 0 Å². The fourth-order valence-corrected chi connectivity index (χ4v) is 2.60. The van der Waals surface area contributed by atoms with Crippen LogP contribution in [0.1, 0.15) is 11.1 Å². The number of ether oxygens (including phenoxy) is 2. The maximum Gasteiger partial charge on any atom is 0.227 e. The number of hydrogen-bond donors (Lipinski definition) is 1. The molecule has 2 aromatic rings. The molecule has 3 rings (SSSR count). The lowest BCUT2D eigenvalue weighted by Gasteiger charge is -2.25. The van der Waals surface area contributed by atoms with Crippen molar-refractivity contribution in [1.82, 2.24) is 5.32 Å². The van der Waals surface area contributed by atoms with Crippen LogP contribution in [0.3, 0.4) is 0 Å². The Morgan fingerprint density at radius 2 is 2.09 bits per heavy atom. The Bertz CT molecular complexity index is 655. The van der Waals surface area contributed by atoms with Gasteiger partial charge in [0.15, 0.2) is 0 Å². The molecule has 2 aromatic carbocycles. The van der Waals surface area contributed by atoms with Gasteiger partial charge in [-0.2, -0.15) is 0 Å². The van der Waals surface area contributed by atoms with Crippen molar-refractivity contribution in [2.24, 2.45) is 5.92 Å². The zero-order valence-electron chi connectivity index (χ0n) is 12.5. The van der Waals surface area contributed by atoms with Crippen LogP contribution in [0.25, 0.3) is 0 Å². The third-order valence-electron chi connectivity index (χ3n) is 3.85. The summed E-state index contributed by atoms with van der Waals surface area (Å²) in [6, 6.07) is 15.6. The second-order valence-electron chi connectivity index (χ2n) is 5.39. The van der Waals surface area contributed by atoms with Crippen molar-refractivity contribution < 1.29 is 14.3 Å². The van der Waals surface area contributed by atoms with Crippen LogP contribution in [-0.4, -0.2) is 19.6 Å². The van der Waals surface area contributed by atoms with Gasteiger partial charge in [-0.05, 0) is 35.7 Å². The number of hydrogen-bond acceptors (Lipinski definition) is 3. The van der Waals surface area contributed by atoms with Crippen LogP contribution in [0.5, 0.6) is 11.5 Å². The van der Waals surface area contributed by atoms with Crippen LogP contribution in [-0.2, 0) is 17.8 Å². The number of carbonyl (C=O) groups is 1. The molecule has 0 aromatic heterocycles. The molecule has 0 radical (unpaired) electrons. The third kappa shape index (κ3) is 3.22. The molecular formula is C18H19NO3. The lowest BCUT2D eigenvalue weighted by atomic mass is 9.95. The predicted molar refractivity (Wildman–Crippen MR) is 84.0 cm³/mol. The summed E-state index contributed by atoms with van der Waals surface area (Å²) in [5.41, 5.74) is 2.11. The molecule has 0 unspecified atom stereocenters. The summed E-state index contributed by atoms with van der Waals surface area (Å²) in [6.45, 7) is 0.959. The molecule has 22 heavy (non-hydrogen) atoms. The lowest BCUT2D eigenvalue weighted by molar-refractivity contribution is -0.126. The van der Waals surface area contributed by atoms with Crippen LogP contribution in [0, 0.1) is 5.92 Å². The van der Waals surface area contributed by atoms with Gasteiger partial charge in [0.05, 0.1) is 13.0 Å². The summed E-state index contributed by atoms with van der Waals surface area (Å²) in [7, 11) is 1.63. The van der Waals surface area contributed by atoms with Gasteiger partial charge in [0.2, 0.25) is 5.91 Å². The first-order chi connectivity index (χ1) is 10.8. The molecule has 1 aliphatic rings. The van der Waals surface area contributed by atoms with E-state index >= 15 is 0 Å². The van der Waals surface area contributed by atoms with E-state index in [1.807, 2.05) is 48.5 Å². The summed E-state index contributed by atoms with van der Waals surface area (Å²) in [6.07, 6.45) is 0.674. The lowest BCUT2D eigenvalue weighted by Crippen LogP contribution is -2.37. The van der Waals surface area contributed by atoms with Gasteiger partial charge < -0.3 is 14.8 Å². The van der Waals surface area contributed by atoms with E-state index in [4.69, 9.17) is 9.47 Å². The largest absolute Gasteiger partial charge is 0.497 e.